The van der Waals surface area contributed by atoms with Gasteiger partial charge in [-0.1, -0.05) is 0 Å². The first-order chi connectivity index (χ1) is 6.63. The van der Waals surface area contributed by atoms with Crippen molar-refractivity contribution in [3.8, 4) is 0 Å². The molecule has 0 radical (unpaired) electrons. The van der Waals surface area contributed by atoms with Crippen molar-refractivity contribution in [1.82, 2.24) is 10.6 Å². The maximum Gasteiger partial charge on any atom is 0.319 e. The molecule has 2 amide bonds. The topological polar surface area (TPSA) is 41.1 Å². The zero-order chi connectivity index (χ0) is 10.6. The highest BCUT2D eigenvalue weighted by atomic mass is 19.1. The normalized spacial score (nSPS) is 16.1. The van der Waals surface area contributed by atoms with Crippen LogP contribution >= 0.6 is 0 Å². The Morgan fingerprint density at radius 2 is 2.14 bits per heavy atom. The number of hydrogen-bond acceptors (Lipinski definition) is 1. The molecule has 0 atom stereocenters. The van der Waals surface area contributed by atoms with E-state index in [1.165, 1.54) is 13.1 Å². The van der Waals surface area contributed by atoms with Crippen molar-refractivity contribution in [2.75, 3.05) is 7.05 Å². The summed E-state index contributed by atoms with van der Waals surface area (Å²) in [6.07, 6.45) is 3.23. The molecule has 0 saturated heterocycles. The molecular weight excluding hydrogens is 190 g/mol. The summed E-state index contributed by atoms with van der Waals surface area (Å²) in [6.45, 7) is 0. The molecule has 1 aliphatic carbocycles. The summed E-state index contributed by atoms with van der Waals surface area (Å²) < 4.78 is 25.8. The molecule has 0 aromatic rings. The van der Waals surface area contributed by atoms with Crippen LogP contribution in [0.25, 0.3) is 0 Å². The van der Waals surface area contributed by atoms with Crippen LogP contribution in [-0.4, -0.2) is 13.1 Å². The third kappa shape index (κ3) is 2.69. The molecule has 5 heteroatoms. The SMILES string of the molecule is CNC(=O)NC1=C(F)CC=C(F)C=C1. The molecule has 0 saturated carbocycles. The van der Waals surface area contributed by atoms with Crippen LogP contribution in [0.3, 0.4) is 0 Å². The molecule has 0 unspecified atom stereocenters. The van der Waals surface area contributed by atoms with Crippen LogP contribution in [0.2, 0.25) is 0 Å². The van der Waals surface area contributed by atoms with Gasteiger partial charge in [-0.05, 0) is 18.2 Å². The molecule has 2 N–H and O–H groups in total. The number of urea groups is 1. The number of halogens is 2. The summed E-state index contributed by atoms with van der Waals surface area (Å²) in [5.74, 6) is -1.09. The van der Waals surface area contributed by atoms with E-state index in [1.54, 1.807) is 0 Å². The fourth-order valence-corrected chi connectivity index (χ4v) is 0.913. The van der Waals surface area contributed by atoms with Gasteiger partial charge in [0.15, 0.2) is 0 Å². The maximum atomic E-state index is 13.2. The van der Waals surface area contributed by atoms with Gasteiger partial charge in [0.05, 0.1) is 5.70 Å². The molecule has 1 rings (SSSR count). The van der Waals surface area contributed by atoms with Gasteiger partial charge in [0, 0.05) is 13.5 Å². The Hall–Kier alpha value is -1.65. The summed E-state index contributed by atoms with van der Waals surface area (Å²) in [7, 11) is 1.41. The molecule has 76 valence electrons. The molecule has 0 aromatic carbocycles. The van der Waals surface area contributed by atoms with E-state index in [0.717, 1.165) is 12.2 Å². The number of amides is 2. The minimum Gasteiger partial charge on any atom is -0.341 e. The van der Waals surface area contributed by atoms with E-state index >= 15 is 0 Å². The zero-order valence-corrected chi connectivity index (χ0v) is 7.60. The summed E-state index contributed by atoms with van der Waals surface area (Å²) in [5.41, 5.74) is -0.0201. The average Bonchev–Trinajstić information content (AvgIpc) is 2.33. The fraction of sp³-hybridized carbons (Fsp3) is 0.222. The minimum absolute atomic E-state index is 0.0201. The monoisotopic (exact) mass is 200 g/mol. The second kappa shape index (κ2) is 4.55. The Balaban J connectivity index is 2.77. The predicted octanol–water partition coefficient (Wildman–Crippen LogP) is 1.91. The lowest BCUT2D eigenvalue weighted by molar-refractivity contribution is 0.245. The molecule has 1 aliphatic rings. The van der Waals surface area contributed by atoms with Gasteiger partial charge in [-0.25, -0.2) is 13.6 Å². The summed E-state index contributed by atoms with van der Waals surface area (Å²) in [4.78, 5) is 10.9. The number of nitrogens with one attached hydrogen (secondary N) is 2. The highest BCUT2D eigenvalue weighted by Crippen LogP contribution is 2.17. The highest BCUT2D eigenvalue weighted by Gasteiger charge is 2.09. The van der Waals surface area contributed by atoms with Crippen molar-refractivity contribution < 1.29 is 13.6 Å². The molecule has 14 heavy (non-hydrogen) atoms. The van der Waals surface area contributed by atoms with Crippen molar-refractivity contribution in [1.29, 1.82) is 0 Å². The Morgan fingerprint density at radius 3 is 2.79 bits per heavy atom. The summed E-state index contributed by atoms with van der Waals surface area (Å²) >= 11 is 0. The first-order valence-corrected chi connectivity index (χ1v) is 4.04. The van der Waals surface area contributed by atoms with Gasteiger partial charge in [-0.2, -0.15) is 0 Å². The minimum atomic E-state index is -0.572. The standard InChI is InChI=1S/C9H10F2N2O/c1-12-9(14)13-8-5-3-6(10)2-4-7(8)11/h2-3,5H,4H2,1H3,(H2,12,13,14). The van der Waals surface area contributed by atoms with Crippen LogP contribution in [0.1, 0.15) is 6.42 Å². The highest BCUT2D eigenvalue weighted by molar-refractivity contribution is 5.76. The van der Waals surface area contributed by atoms with Crippen molar-refractivity contribution in [2.45, 2.75) is 6.42 Å². The molecule has 0 spiro atoms. The van der Waals surface area contributed by atoms with Gasteiger partial charge in [0.1, 0.15) is 11.7 Å². The van der Waals surface area contributed by atoms with E-state index in [9.17, 15) is 13.6 Å². The number of allylic oxidation sites excluding steroid dienone is 5. The van der Waals surface area contributed by atoms with Gasteiger partial charge < -0.3 is 10.6 Å². The van der Waals surface area contributed by atoms with Crippen molar-refractivity contribution >= 4 is 6.03 Å². The number of carbonyl (C=O) groups excluding carboxylic acids is 1. The van der Waals surface area contributed by atoms with Gasteiger partial charge in [-0.3, -0.25) is 0 Å². The first-order valence-electron chi connectivity index (χ1n) is 4.04. The van der Waals surface area contributed by atoms with Crippen LogP contribution < -0.4 is 10.6 Å². The second-order valence-corrected chi connectivity index (χ2v) is 2.65. The summed E-state index contributed by atoms with van der Waals surface area (Å²) in [6, 6.07) is -0.540. The van der Waals surface area contributed by atoms with Crippen LogP contribution in [0, 0.1) is 0 Å². The Labute approximate surface area is 80.2 Å². The predicted molar refractivity (Wildman–Crippen MR) is 48.7 cm³/mol. The van der Waals surface area contributed by atoms with E-state index in [1.807, 2.05) is 0 Å². The molecule has 0 aromatic heterocycles. The third-order valence-electron chi connectivity index (χ3n) is 1.65. The van der Waals surface area contributed by atoms with Gasteiger partial charge in [-0.15, -0.1) is 0 Å². The van der Waals surface area contributed by atoms with Crippen molar-refractivity contribution in [3.05, 3.63) is 35.6 Å². The Kier molecular flexibility index (Phi) is 3.39. The fourth-order valence-electron chi connectivity index (χ4n) is 0.913. The van der Waals surface area contributed by atoms with Crippen molar-refractivity contribution in [3.63, 3.8) is 0 Å². The van der Waals surface area contributed by atoms with Gasteiger partial charge >= 0.3 is 6.03 Å². The van der Waals surface area contributed by atoms with Crippen LogP contribution in [0.15, 0.2) is 35.6 Å². The Morgan fingerprint density at radius 1 is 1.43 bits per heavy atom. The third-order valence-corrected chi connectivity index (χ3v) is 1.65. The molecule has 0 heterocycles. The smallest absolute Gasteiger partial charge is 0.319 e. The average molecular weight is 200 g/mol. The second-order valence-electron chi connectivity index (χ2n) is 2.65. The zero-order valence-electron chi connectivity index (χ0n) is 7.60. The van der Waals surface area contributed by atoms with Crippen LogP contribution in [-0.2, 0) is 0 Å². The van der Waals surface area contributed by atoms with E-state index in [-0.39, 0.29) is 12.1 Å². The molecule has 0 aliphatic heterocycles. The molecule has 3 nitrogen and oxygen atoms in total. The largest absolute Gasteiger partial charge is 0.341 e. The lowest BCUT2D eigenvalue weighted by Gasteiger charge is -2.05. The van der Waals surface area contributed by atoms with E-state index in [2.05, 4.69) is 10.6 Å². The lowest BCUT2D eigenvalue weighted by Crippen LogP contribution is -2.31. The van der Waals surface area contributed by atoms with E-state index in [0.29, 0.717) is 0 Å². The van der Waals surface area contributed by atoms with Crippen LogP contribution in [0.4, 0.5) is 13.6 Å². The van der Waals surface area contributed by atoms with Gasteiger partial charge in [0.25, 0.3) is 0 Å². The lowest BCUT2D eigenvalue weighted by atomic mass is 10.3. The summed E-state index contributed by atoms with van der Waals surface area (Å²) in [5, 5.41) is 4.52. The quantitative estimate of drug-likeness (QED) is 0.667. The van der Waals surface area contributed by atoms with E-state index < -0.39 is 17.7 Å². The van der Waals surface area contributed by atoms with Crippen molar-refractivity contribution in [2.24, 2.45) is 0 Å². The maximum absolute atomic E-state index is 13.2. The number of carbonyl (C=O) groups is 1. The molecular formula is C9H10F2N2O. The van der Waals surface area contributed by atoms with E-state index in [4.69, 9.17) is 0 Å². The molecule has 0 fully saturated rings. The number of hydrogen-bond donors (Lipinski definition) is 2. The van der Waals surface area contributed by atoms with Gasteiger partial charge in [0.2, 0.25) is 0 Å². The number of rotatable bonds is 1. The van der Waals surface area contributed by atoms with Crippen LogP contribution in [0.5, 0.6) is 0 Å². The first kappa shape index (κ1) is 10.4. The Bertz CT molecular complexity index is 332. The molecule has 0 bridgehead atoms.